The first-order valence-electron chi connectivity index (χ1n) is 10.3. The quantitative estimate of drug-likeness (QED) is 0.359. The van der Waals surface area contributed by atoms with Crippen LogP contribution >= 0.6 is 11.6 Å². The molecule has 1 amide bonds. The Balaban J connectivity index is 1.38. The predicted molar refractivity (Wildman–Crippen MR) is 130 cm³/mol. The number of hydrogen-bond acceptors (Lipinski definition) is 5. The Morgan fingerprint density at radius 2 is 1.85 bits per heavy atom. The fourth-order valence-electron chi connectivity index (χ4n) is 3.53. The van der Waals surface area contributed by atoms with Crippen LogP contribution in [0.25, 0.3) is 16.5 Å². The normalized spacial score (nSPS) is 10.8. The van der Waals surface area contributed by atoms with Crippen LogP contribution in [0.1, 0.15) is 5.56 Å². The number of carbonyl (C=O) groups excluding carboxylic acids is 1. The SMILES string of the molecule is O=C(Cc1ccccc1)Nc1cnn(-c2ccc3ccnc(Nc4cncc(Cl)c4)c3c2)c1. The third-order valence-corrected chi connectivity index (χ3v) is 5.26. The number of fused-ring (bicyclic) bond motifs is 1. The van der Waals surface area contributed by atoms with Crippen LogP contribution in [0.15, 0.2) is 91.6 Å². The lowest BCUT2D eigenvalue weighted by Gasteiger charge is -2.10. The van der Waals surface area contributed by atoms with Gasteiger partial charge < -0.3 is 10.6 Å². The van der Waals surface area contributed by atoms with Crippen molar-refractivity contribution in [3.05, 3.63) is 102 Å². The van der Waals surface area contributed by atoms with E-state index in [2.05, 4.69) is 25.7 Å². The van der Waals surface area contributed by atoms with E-state index < -0.39 is 0 Å². The van der Waals surface area contributed by atoms with Crippen LogP contribution < -0.4 is 10.6 Å². The smallest absolute Gasteiger partial charge is 0.228 e. The van der Waals surface area contributed by atoms with Gasteiger partial charge in [-0.05, 0) is 35.2 Å². The number of aromatic nitrogens is 4. The Morgan fingerprint density at radius 3 is 2.70 bits per heavy atom. The summed E-state index contributed by atoms with van der Waals surface area (Å²) in [6.07, 6.45) is 8.74. The maximum absolute atomic E-state index is 12.4. The van der Waals surface area contributed by atoms with Crippen LogP contribution in [-0.2, 0) is 11.2 Å². The van der Waals surface area contributed by atoms with Crippen LogP contribution in [-0.4, -0.2) is 25.7 Å². The molecule has 7 nitrogen and oxygen atoms in total. The molecule has 0 aliphatic heterocycles. The van der Waals surface area contributed by atoms with Crippen LogP contribution in [0, 0.1) is 0 Å². The molecule has 3 aromatic heterocycles. The summed E-state index contributed by atoms with van der Waals surface area (Å²) in [5.74, 6) is 0.590. The molecule has 2 N–H and O–H groups in total. The standard InChI is InChI=1S/C25H19ClN6O/c26-19-11-20(14-27-13-19)31-25-23-12-22(7-6-18(23)8-9-28-25)32-16-21(15-29-32)30-24(33)10-17-4-2-1-3-5-17/h1-9,11-16H,10H2,(H,28,31)(H,30,33). The molecule has 0 radical (unpaired) electrons. The lowest BCUT2D eigenvalue weighted by molar-refractivity contribution is -0.115. The summed E-state index contributed by atoms with van der Waals surface area (Å²) in [6.45, 7) is 0. The Hall–Kier alpha value is -4.23. The first-order chi connectivity index (χ1) is 16.1. The highest BCUT2D eigenvalue weighted by atomic mass is 35.5. The van der Waals surface area contributed by atoms with Crippen molar-refractivity contribution in [3.63, 3.8) is 0 Å². The molecule has 5 rings (SSSR count). The van der Waals surface area contributed by atoms with Crippen molar-refractivity contribution in [1.29, 1.82) is 0 Å². The van der Waals surface area contributed by atoms with E-state index in [1.165, 1.54) is 0 Å². The minimum absolute atomic E-state index is 0.0925. The van der Waals surface area contributed by atoms with Gasteiger partial charge in [0, 0.05) is 17.8 Å². The third kappa shape index (κ3) is 4.83. The zero-order chi connectivity index (χ0) is 22.6. The van der Waals surface area contributed by atoms with E-state index in [4.69, 9.17) is 11.6 Å². The third-order valence-electron chi connectivity index (χ3n) is 5.06. The number of benzene rings is 2. The van der Waals surface area contributed by atoms with Crippen molar-refractivity contribution in [2.24, 2.45) is 0 Å². The molecular formula is C25H19ClN6O. The summed E-state index contributed by atoms with van der Waals surface area (Å²) in [5.41, 5.74) is 3.17. The molecule has 162 valence electrons. The number of carbonyl (C=O) groups is 1. The van der Waals surface area contributed by atoms with Gasteiger partial charge in [0.15, 0.2) is 0 Å². The topological polar surface area (TPSA) is 84.7 Å². The molecular weight excluding hydrogens is 436 g/mol. The van der Waals surface area contributed by atoms with Gasteiger partial charge in [-0.2, -0.15) is 5.10 Å². The minimum atomic E-state index is -0.0925. The predicted octanol–water partition coefficient (Wildman–Crippen LogP) is 5.39. The van der Waals surface area contributed by atoms with E-state index in [0.29, 0.717) is 22.9 Å². The van der Waals surface area contributed by atoms with Gasteiger partial charge in [-0.3, -0.25) is 9.78 Å². The number of halogens is 1. The summed E-state index contributed by atoms with van der Waals surface area (Å²) in [6, 6.07) is 19.3. The largest absolute Gasteiger partial charge is 0.338 e. The first kappa shape index (κ1) is 20.7. The fraction of sp³-hybridized carbons (Fsp3) is 0.0400. The van der Waals surface area contributed by atoms with Gasteiger partial charge in [-0.15, -0.1) is 0 Å². The zero-order valence-electron chi connectivity index (χ0n) is 17.4. The Labute approximate surface area is 195 Å². The average Bonchev–Trinajstić information content (AvgIpc) is 3.28. The monoisotopic (exact) mass is 454 g/mol. The van der Waals surface area contributed by atoms with Crippen molar-refractivity contribution in [1.82, 2.24) is 19.7 Å². The van der Waals surface area contributed by atoms with Gasteiger partial charge >= 0.3 is 0 Å². The van der Waals surface area contributed by atoms with E-state index in [1.807, 2.05) is 54.6 Å². The number of rotatable bonds is 6. The molecule has 0 saturated heterocycles. The van der Waals surface area contributed by atoms with Crippen molar-refractivity contribution >= 4 is 45.5 Å². The molecule has 3 heterocycles. The summed E-state index contributed by atoms with van der Waals surface area (Å²) in [7, 11) is 0. The lowest BCUT2D eigenvalue weighted by atomic mass is 10.1. The Morgan fingerprint density at radius 1 is 0.970 bits per heavy atom. The van der Waals surface area contributed by atoms with Crippen molar-refractivity contribution < 1.29 is 4.79 Å². The summed E-state index contributed by atoms with van der Waals surface area (Å²) < 4.78 is 1.72. The molecule has 0 bridgehead atoms. The zero-order valence-corrected chi connectivity index (χ0v) is 18.2. The number of amides is 1. The van der Waals surface area contributed by atoms with Crippen LogP contribution in [0.4, 0.5) is 17.2 Å². The van der Waals surface area contributed by atoms with E-state index in [1.54, 1.807) is 41.7 Å². The average molecular weight is 455 g/mol. The molecule has 0 saturated carbocycles. The highest BCUT2D eigenvalue weighted by Crippen LogP contribution is 2.27. The van der Waals surface area contributed by atoms with Crippen LogP contribution in [0.5, 0.6) is 0 Å². The molecule has 2 aromatic carbocycles. The number of pyridine rings is 2. The van der Waals surface area contributed by atoms with Crippen LogP contribution in [0.3, 0.4) is 0 Å². The van der Waals surface area contributed by atoms with Crippen molar-refractivity contribution in [2.45, 2.75) is 6.42 Å². The summed E-state index contributed by atoms with van der Waals surface area (Å²) >= 11 is 6.05. The number of hydrogen-bond donors (Lipinski definition) is 2. The highest BCUT2D eigenvalue weighted by Gasteiger charge is 2.09. The van der Waals surface area contributed by atoms with Gasteiger partial charge in [0.1, 0.15) is 5.82 Å². The molecule has 0 fully saturated rings. The number of nitrogens with zero attached hydrogens (tertiary/aromatic N) is 4. The van der Waals surface area contributed by atoms with Gasteiger partial charge in [-0.25, -0.2) is 9.67 Å². The van der Waals surface area contributed by atoms with E-state index in [0.717, 1.165) is 27.7 Å². The van der Waals surface area contributed by atoms with Crippen LogP contribution in [0.2, 0.25) is 5.02 Å². The van der Waals surface area contributed by atoms with Gasteiger partial charge in [0.25, 0.3) is 0 Å². The van der Waals surface area contributed by atoms with Gasteiger partial charge in [0.05, 0.1) is 47.1 Å². The number of nitrogens with one attached hydrogen (secondary N) is 2. The molecule has 8 heteroatoms. The Kier molecular flexibility index (Phi) is 5.70. The highest BCUT2D eigenvalue weighted by molar-refractivity contribution is 6.30. The summed E-state index contributed by atoms with van der Waals surface area (Å²) in [5, 5.41) is 13.1. The van der Waals surface area contributed by atoms with Gasteiger partial charge in [0.2, 0.25) is 5.91 Å². The first-order valence-corrected chi connectivity index (χ1v) is 10.7. The van der Waals surface area contributed by atoms with E-state index in [9.17, 15) is 4.79 Å². The second-order valence-corrected chi connectivity index (χ2v) is 7.90. The maximum Gasteiger partial charge on any atom is 0.228 e. The molecule has 33 heavy (non-hydrogen) atoms. The molecule has 5 aromatic rings. The molecule has 0 unspecified atom stereocenters. The van der Waals surface area contributed by atoms with E-state index in [-0.39, 0.29) is 5.91 Å². The maximum atomic E-state index is 12.4. The number of anilines is 3. The molecule has 0 spiro atoms. The van der Waals surface area contributed by atoms with E-state index >= 15 is 0 Å². The van der Waals surface area contributed by atoms with Crippen molar-refractivity contribution in [3.8, 4) is 5.69 Å². The summed E-state index contributed by atoms with van der Waals surface area (Å²) in [4.78, 5) is 21.0. The van der Waals surface area contributed by atoms with Gasteiger partial charge in [-0.1, -0.05) is 48.0 Å². The fourth-order valence-corrected chi connectivity index (χ4v) is 3.70. The van der Waals surface area contributed by atoms with Crippen molar-refractivity contribution in [2.75, 3.05) is 10.6 Å². The second-order valence-electron chi connectivity index (χ2n) is 7.47. The minimum Gasteiger partial charge on any atom is -0.338 e. The molecule has 0 atom stereocenters. The molecule has 0 aliphatic carbocycles. The Bertz CT molecular complexity index is 1430. The second kappa shape index (κ2) is 9.10. The lowest BCUT2D eigenvalue weighted by Crippen LogP contribution is -2.13. The molecule has 0 aliphatic rings.